The second-order valence-electron chi connectivity index (χ2n) is 4.04. The predicted molar refractivity (Wildman–Crippen MR) is 70.9 cm³/mol. The van der Waals surface area contributed by atoms with Gasteiger partial charge < -0.3 is 16.2 Å². The quantitative estimate of drug-likeness (QED) is 0.835. The average molecular weight is 247 g/mol. The number of hydrogen-bond acceptors (Lipinski definition) is 4. The summed E-state index contributed by atoms with van der Waals surface area (Å²) in [5, 5.41) is 0.988. The lowest BCUT2D eigenvalue weighted by Gasteiger charge is -2.03. The molecule has 0 atom stereocenters. The number of rotatable bonds is 4. The Morgan fingerprint density at radius 3 is 2.78 bits per heavy atom. The predicted octanol–water partition coefficient (Wildman–Crippen LogP) is 0.750. The van der Waals surface area contributed by atoms with Crippen molar-refractivity contribution in [1.82, 2.24) is 4.57 Å². The largest absolute Gasteiger partial charge is 0.497 e. The molecule has 1 heterocycles. The number of fused-ring (bicyclic) bond motifs is 1. The van der Waals surface area contributed by atoms with Crippen LogP contribution in [0.3, 0.4) is 0 Å². The Balaban J connectivity index is 2.63. The van der Waals surface area contributed by atoms with Crippen LogP contribution in [0.2, 0.25) is 0 Å². The van der Waals surface area contributed by atoms with Gasteiger partial charge in [-0.15, -0.1) is 0 Å². The molecule has 0 amide bonds. The highest BCUT2D eigenvalue weighted by molar-refractivity contribution is 5.95. The van der Waals surface area contributed by atoms with Crippen molar-refractivity contribution in [2.45, 2.75) is 6.42 Å². The first-order valence-electron chi connectivity index (χ1n) is 5.82. The summed E-state index contributed by atoms with van der Waals surface area (Å²) in [6.07, 6.45) is 2.53. The van der Waals surface area contributed by atoms with Gasteiger partial charge in [0.1, 0.15) is 5.75 Å². The molecule has 2 aromatic rings. The van der Waals surface area contributed by atoms with Gasteiger partial charge in [0.15, 0.2) is 0 Å². The zero-order chi connectivity index (χ0) is 13.1. The van der Waals surface area contributed by atoms with Gasteiger partial charge in [0.2, 0.25) is 5.91 Å². The SMILES string of the molecule is COc1ccc2c(c1)c(CCN)cn2C(=O)CN. The van der Waals surface area contributed by atoms with Crippen molar-refractivity contribution >= 4 is 16.8 Å². The molecule has 0 spiro atoms. The smallest absolute Gasteiger partial charge is 0.244 e. The standard InChI is InChI=1S/C13H17N3O2/c1-18-10-2-3-12-11(6-10)9(4-5-14)8-16(12)13(17)7-15/h2-3,6,8H,4-5,7,14-15H2,1H3. The number of nitrogens with zero attached hydrogens (tertiary/aromatic N) is 1. The topological polar surface area (TPSA) is 83.3 Å². The third-order valence-corrected chi connectivity index (χ3v) is 2.95. The van der Waals surface area contributed by atoms with Crippen molar-refractivity contribution in [2.75, 3.05) is 20.2 Å². The number of methoxy groups -OCH3 is 1. The summed E-state index contributed by atoms with van der Waals surface area (Å²) in [7, 11) is 1.62. The van der Waals surface area contributed by atoms with Gasteiger partial charge in [0.05, 0.1) is 19.2 Å². The molecule has 0 saturated carbocycles. The zero-order valence-corrected chi connectivity index (χ0v) is 10.3. The average Bonchev–Trinajstić information content (AvgIpc) is 2.76. The molecule has 1 aromatic carbocycles. The van der Waals surface area contributed by atoms with Gasteiger partial charge in [-0.1, -0.05) is 0 Å². The van der Waals surface area contributed by atoms with Crippen molar-refractivity contribution < 1.29 is 9.53 Å². The van der Waals surface area contributed by atoms with Gasteiger partial charge in [-0.2, -0.15) is 0 Å². The normalized spacial score (nSPS) is 10.8. The Morgan fingerprint density at radius 2 is 2.17 bits per heavy atom. The van der Waals surface area contributed by atoms with Crippen LogP contribution in [0.15, 0.2) is 24.4 Å². The van der Waals surface area contributed by atoms with Gasteiger partial charge in [-0.05, 0) is 36.7 Å². The number of carbonyl (C=O) groups excluding carboxylic acids is 1. The number of ether oxygens (including phenoxy) is 1. The minimum absolute atomic E-state index is 0.0160. The van der Waals surface area contributed by atoms with E-state index >= 15 is 0 Å². The fourth-order valence-corrected chi connectivity index (χ4v) is 2.06. The molecule has 0 bridgehead atoms. The van der Waals surface area contributed by atoms with Crippen LogP contribution >= 0.6 is 0 Å². The summed E-state index contributed by atoms with van der Waals surface area (Å²) in [4.78, 5) is 11.8. The number of aromatic nitrogens is 1. The van der Waals surface area contributed by atoms with E-state index in [0.717, 1.165) is 22.2 Å². The summed E-state index contributed by atoms with van der Waals surface area (Å²) in [6.45, 7) is 0.519. The Labute approximate surface area is 105 Å². The summed E-state index contributed by atoms with van der Waals surface area (Å²) < 4.78 is 6.78. The minimum Gasteiger partial charge on any atom is -0.497 e. The molecule has 4 N–H and O–H groups in total. The lowest BCUT2D eigenvalue weighted by atomic mass is 10.1. The van der Waals surface area contributed by atoms with Crippen LogP contribution in [-0.4, -0.2) is 30.7 Å². The Kier molecular flexibility index (Phi) is 3.64. The molecule has 0 unspecified atom stereocenters. The monoisotopic (exact) mass is 247 g/mol. The van der Waals surface area contributed by atoms with Crippen molar-refractivity contribution in [3.63, 3.8) is 0 Å². The van der Waals surface area contributed by atoms with E-state index in [9.17, 15) is 4.79 Å². The fraction of sp³-hybridized carbons (Fsp3) is 0.308. The summed E-state index contributed by atoms with van der Waals surface area (Å²) in [5.41, 5.74) is 12.9. The van der Waals surface area contributed by atoms with E-state index in [-0.39, 0.29) is 12.5 Å². The number of carbonyl (C=O) groups is 1. The van der Waals surface area contributed by atoms with Crippen LogP contribution in [-0.2, 0) is 6.42 Å². The van der Waals surface area contributed by atoms with Crippen molar-refractivity contribution in [3.8, 4) is 5.75 Å². The molecule has 0 radical (unpaired) electrons. The van der Waals surface area contributed by atoms with E-state index < -0.39 is 0 Å². The van der Waals surface area contributed by atoms with E-state index in [4.69, 9.17) is 16.2 Å². The fourth-order valence-electron chi connectivity index (χ4n) is 2.06. The number of hydrogen-bond donors (Lipinski definition) is 2. The number of nitrogens with two attached hydrogens (primary N) is 2. The van der Waals surface area contributed by atoms with Gasteiger partial charge in [0.25, 0.3) is 0 Å². The van der Waals surface area contributed by atoms with Crippen LogP contribution in [0.4, 0.5) is 0 Å². The van der Waals surface area contributed by atoms with Crippen LogP contribution in [0.1, 0.15) is 10.4 Å². The van der Waals surface area contributed by atoms with Gasteiger partial charge in [0, 0.05) is 11.6 Å². The number of benzene rings is 1. The molecule has 96 valence electrons. The highest BCUT2D eigenvalue weighted by Gasteiger charge is 2.12. The van der Waals surface area contributed by atoms with Crippen molar-refractivity contribution in [2.24, 2.45) is 11.5 Å². The molecule has 1 aromatic heterocycles. The first-order chi connectivity index (χ1) is 8.71. The highest BCUT2D eigenvalue weighted by atomic mass is 16.5. The second kappa shape index (κ2) is 5.20. The third-order valence-electron chi connectivity index (χ3n) is 2.95. The van der Waals surface area contributed by atoms with Crippen LogP contribution < -0.4 is 16.2 Å². The minimum atomic E-state index is -0.131. The molecule has 2 rings (SSSR count). The van der Waals surface area contributed by atoms with E-state index in [0.29, 0.717) is 13.0 Å². The van der Waals surface area contributed by atoms with Gasteiger partial charge in [-0.25, -0.2) is 0 Å². The van der Waals surface area contributed by atoms with E-state index in [1.807, 2.05) is 24.4 Å². The second-order valence-corrected chi connectivity index (χ2v) is 4.04. The lowest BCUT2D eigenvalue weighted by Crippen LogP contribution is -2.20. The van der Waals surface area contributed by atoms with Gasteiger partial charge >= 0.3 is 0 Å². The molecule has 0 aliphatic rings. The van der Waals surface area contributed by atoms with Crippen LogP contribution in [0.25, 0.3) is 10.9 Å². The van der Waals surface area contributed by atoms with Crippen LogP contribution in [0, 0.1) is 0 Å². The van der Waals surface area contributed by atoms with Gasteiger partial charge in [-0.3, -0.25) is 9.36 Å². The Bertz CT molecular complexity index is 575. The Morgan fingerprint density at radius 1 is 1.39 bits per heavy atom. The summed E-state index contributed by atoms with van der Waals surface area (Å²) in [6, 6.07) is 5.61. The van der Waals surface area contributed by atoms with Crippen molar-refractivity contribution in [1.29, 1.82) is 0 Å². The van der Waals surface area contributed by atoms with Crippen LogP contribution in [0.5, 0.6) is 5.75 Å². The maximum absolute atomic E-state index is 11.8. The molecule has 5 heteroatoms. The molecule has 5 nitrogen and oxygen atoms in total. The third kappa shape index (κ3) is 2.10. The Hall–Kier alpha value is -1.85. The maximum atomic E-state index is 11.8. The first kappa shape index (κ1) is 12.6. The van der Waals surface area contributed by atoms with E-state index in [1.54, 1.807) is 11.7 Å². The molecule has 0 aliphatic carbocycles. The molecule has 0 fully saturated rings. The molecule has 0 aliphatic heterocycles. The first-order valence-corrected chi connectivity index (χ1v) is 5.82. The lowest BCUT2D eigenvalue weighted by molar-refractivity contribution is 0.0928. The highest BCUT2D eigenvalue weighted by Crippen LogP contribution is 2.26. The molecule has 0 saturated heterocycles. The van der Waals surface area contributed by atoms with Crippen molar-refractivity contribution in [3.05, 3.63) is 30.0 Å². The molecular weight excluding hydrogens is 230 g/mol. The molecule has 18 heavy (non-hydrogen) atoms. The zero-order valence-electron chi connectivity index (χ0n) is 10.3. The summed E-state index contributed by atoms with van der Waals surface area (Å²) in [5.74, 6) is 0.632. The van der Waals surface area contributed by atoms with E-state index in [1.165, 1.54) is 0 Å². The maximum Gasteiger partial charge on any atom is 0.244 e. The molecular formula is C13H17N3O2. The summed E-state index contributed by atoms with van der Waals surface area (Å²) >= 11 is 0. The van der Waals surface area contributed by atoms with E-state index in [2.05, 4.69) is 0 Å².